The minimum atomic E-state index is -0.917. The molecule has 2 aromatic heterocycles. The van der Waals surface area contributed by atoms with Crippen LogP contribution in [0.2, 0.25) is 0 Å². The zero-order valence-electron chi connectivity index (χ0n) is 11.6. The van der Waals surface area contributed by atoms with E-state index in [1.807, 2.05) is 12.1 Å². The number of fused-ring (bicyclic) bond motifs is 1. The molecular formula is C15H19N3O2. The minimum absolute atomic E-state index is 0.283. The van der Waals surface area contributed by atoms with Crippen molar-refractivity contribution in [2.24, 2.45) is 0 Å². The lowest BCUT2D eigenvalue weighted by Gasteiger charge is -2.33. The molecule has 1 aliphatic heterocycles. The van der Waals surface area contributed by atoms with Crippen LogP contribution in [0.15, 0.2) is 24.5 Å². The van der Waals surface area contributed by atoms with Crippen molar-refractivity contribution in [1.82, 2.24) is 14.5 Å². The Morgan fingerprint density at radius 3 is 3.10 bits per heavy atom. The number of likely N-dealkylation sites (tertiary alicyclic amines) is 1. The SMILES string of the molecule is CC1CCCCN1Cc1cccn2ncc(C(=O)O)c12. The first-order valence-electron chi connectivity index (χ1n) is 7.09. The number of pyridine rings is 1. The molecule has 1 aliphatic rings. The summed E-state index contributed by atoms with van der Waals surface area (Å²) >= 11 is 0. The van der Waals surface area contributed by atoms with Crippen molar-refractivity contribution in [3.63, 3.8) is 0 Å². The normalized spacial score (nSPS) is 20.4. The summed E-state index contributed by atoms with van der Waals surface area (Å²) in [5, 5.41) is 13.4. The van der Waals surface area contributed by atoms with Crippen LogP contribution in [-0.2, 0) is 6.54 Å². The summed E-state index contributed by atoms with van der Waals surface area (Å²) in [6.07, 6.45) is 6.95. The molecule has 0 aromatic carbocycles. The maximum atomic E-state index is 11.3. The van der Waals surface area contributed by atoms with E-state index in [0.717, 1.165) is 24.2 Å². The third-order valence-corrected chi connectivity index (χ3v) is 4.17. The highest BCUT2D eigenvalue weighted by Crippen LogP contribution is 2.23. The molecule has 0 amide bonds. The number of hydrogen-bond acceptors (Lipinski definition) is 3. The third-order valence-electron chi connectivity index (χ3n) is 4.17. The van der Waals surface area contributed by atoms with Gasteiger partial charge in [-0.1, -0.05) is 12.5 Å². The zero-order chi connectivity index (χ0) is 14.1. The molecular weight excluding hydrogens is 254 g/mol. The van der Waals surface area contributed by atoms with Crippen LogP contribution >= 0.6 is 0 Å². The first kappa shape index (κ1) is 13.1. The van der Waals surface area contributed by atoms with Crippen LogP contribution in [0, 0.1) is 0 Å². The number of aromatic carboxylic acids is 1. The van der Waals surface area contributed by atoms with Crippen LogP contribution < -0.4 is 0 Å². The maximum Gasteiger partial charge on any atom is 0.339 e. The van der Waals surface area contributed by atoms with Crippen molar-refractivity contribution in [2.75, 3.05) is 6.54 Å². The molecule has 0 radical (unpaired) electrons. The Bertz CT molecular complexity index is 635. The third kappa shape index (κ3) is 2.29. The molecule has 5 heteroatoms. The van der Waals surface area contributed by atoms with Gasteiger partial charge in [0.2, 0.25) is 0 Å². The Balaban J connectivity index is 1.98. The highest BCUT2D eigenvalue weighted by Gasteiger charge is 2.21. The standard InChI is InChI=1S/C15H19N3O2/c1-11-5-2-3-7-17(11)10-12-6-4-8-18-14(12)13(9-16-18)15(19)20/h4,6,8-9,11H,2-3,5,7,10H2,1H3,(H,19,20). The van der Waals surface area contributed by atoms with Crippen LogP contribution in [0.1, 0.15) is 42.1 Å². The lowest BCUT2D eigenvalue weighted by atomic mass is 10.0. The first-order chi connectivity index (χ1) is 9.66. The fraction of sp³-hybridized carbons (Fsp3) is 0.467. The predicted octanol–water partition coefficient (Wildman–Crippen LogP) is 2.41. The van der Waals surface area contributed by atoms with Crippen LogP contribution in [0.3, 0.4) is 0 Å². The second-order valence-corrected chi connectivity index (χ2v) is 5.51. The number of rotatable bonds is 3. The topological polar surface area (TPSA) is 57.8 Å². The van der Waals surface area contributed by atoms with Crippen LogP contribution in [0.5, 0.6) is 0 Å². The van der Waals surface area contributed by atoms with Gasteiger partial charge in [-0.05, 0) is 37.9 Å². The fourth-order valence-corrected chi connectivity index (χ4v) is 3.01. The Kier molecular flexibility index (Phi) is 3.44. The molecule has 5 nitrogen and oxygen atoms in total. The summed E-state index contributed by atoms with van der Waals surface area (Å²) in [6, 6.07) is 4.49. The highest BCUT2D eigenvalue weighted by atomic mass is 16.4. The van der Waals surface area contributed by atoms with Gasteiger partial charge in [0.1, 0.15) is 5.56 Å². The van der Waals surface area contributed by atoms with E-state index in [2.05, 4.69) is 16.9 Å². The van der Waals surface area contributed by atoms with Gasteiger partial charge in [-0.25, -0.2) is 9.31 Å². The Morgan fingerprint density at radius 1 is 1.50 bits per heavy atom. The molecule has 1 saturated heterocycles. The molecule has 3 rings (SSSR count). The van der Waals surface area contributed by atoms with Gasteiger partial charge in [0, 0.05) is 18.8 Å². The average molecular weight is 273 g/mol. The van der Waals surface area contributed by atoms with E-state index in [1.165, 1.54) is 25.5 Å². The Labute approximate surface area is 117 Å². The summed E-state index contributed by atoms with van der Waals surface area (Å²) in [5.41, 5.74) is 2.04. The molecule has 2 aromatic rings. The molecule has 0 bridgehead atoms. The van der Waals surface area contributed by atoms with Crippen molar-refractivity contribution in [1.29, 1.82) is 0 Å². The van der Waals surface area contributed by atoms with E-state index >= 15 is 0 Å². The number of piperidine rings is 1. The molecule has 1 N–H and O–H groups in total. The number of carboxylic acids is 1. The molecule has 1 atom stereocenters. The quantitative estimate of drug-likeness (QED) is 0.933. The second kappa shape index (κ2) is 5.25. The molecule has 0 aliphatic carbocycles. The maximum absolute atomic E-state index is 11.3. The van der Waals surface area contributed by atoms with Crippen molar-refractivity contribution >= 4 is 11.5 Å². The van der Waals surface area contributed by atoms with E-state index in [9.17, 15) is 9.90 Å². The predicted molar refractivity (Wildman–Crippen MR) is 75.9 cm³/mol. The Hall–Kier alpha value is -1.88. The van der Waals surface area contributed by atoms with Crippen LogP contribution in [0.25, 0.3) is 5.52 Å². The number of aromatic nitrogens is 2. The van der Waals surface area contributed by atoms with E-state index in [-0.39, 0.29) is 5.56 Å². The summed E-state index contributed by atoms with van der Waals surface area (Å²) in [4.78, 5) is 13.7. The summed E-state index contributed by atoms with van der Waals surface area (Å²) in [7, 11) is 0. The van der Waals surface area contributed by atoms with Crippen molar-refractivity contribution < 1.29 is 9.90 Å². The van der Waals surface area contributed by atoms with E-state index in [1.54, 1.807) is 10.7 Å². The molecule has 1 fully saturated rings. The number of carbonyl (C=O) groups is 1. The fourth-order valence-electron chi connectivity index (χ4n) is 3.01. The first-order valence-corrected chi connectivity index (χ1v) is 7.09. The Morgan fingerprint density at radius 2 is 2.35 bits per heavy atom. The summed E-state index contributed by atoms with van der Waals surface area (Å²) < 4.78 is 1.66. The van der Waals surface area contributed by atoms with Crippen molar-refractivity contribution in [3.8, 4) is 0 Å². The van der Waals surface area contributed by atoms with Gasteiger partial charge in [-0.15, -0.1) is 0 Å². The van der Waals surface area contributed by atoms with Crippen LogP contribution in [-0.4, -0.2) is 38.2 Å². The number of carboxylic acid groups (broad SMARTS) is 1. The lowest BCUT2D eigenvalue weighted by molar-refractivity contribution is 0.0699. The van der Waals surface area contributed by atoms with Gasteiger partial charge in [-0.2, -0.15) is 5.10 Å². The highest BCUT2D eigenvalue weighted by molar-refractivity contribution is 5.96. The van der Waals surface area contributed by atoms with Gasteiger partial charge in [-0.3, -0.25) is 4.90 Å². The molecule has 3 heterocycles. The van der Waals surface area contributed by atoms with Crippen molar-refractivity contribution in [3.05, 3.63) is 35.7 Å². The number of hydrogen-bond donors (Lipinski definition) is 1. The smallest absolute Gasteiger partial charge is 0.339 e. The summed E-state index contributed by atoms with van der Waals surface area (Å²) in [6.45, 7) is 4.12. The monoisotopic (exact) mass is 273 g/mol. The van der Waals surface area contributed by atoms with Gasteiger partial charge in [0.25, 0.3) is 0 Å². The van der Waals surface area contributed by atoms with Gasteiger partial charge < -0.3 is 5.11 Å². The van der Waals surface area contributed by atoms with E-state index in [0.29, 0.717) is 6.04 Å². The summed E-state index contributed by atoms with van der Waals surface area (Å²) in [5.74, 6) is -0.917. The largest absolute Gasteiger partial charge is 0.478 e. The zero-order valence-corrected chi connectivity index (χ0v) is 11.6. The lowest BCUT2D eigenvalue weighted by Crippen LogP contribution is -2.36. The van der Waals surface area contributed by atoms with Crippen LogP contribution in [0.4, 0.5) is 0 Å². The molecule has 20 heavy (non-hydrogen) atoms. The number of nitrogens with zero attached hydrogens (tertiary/aromatic N) is 3. The molecule has 1 unspecified atom stereocenters. The van der Waals surface area contributed by atoms with Gasteiger partial charge in [0.15, 0.2) is 0 Å². The molecule has 0 spiro atoms. The minimum Gasteiger partial charge on any atom is -0.478 e. The second-order valence-electron chi connectivity index (χ2n) is 5.51. The van der Waals surface area contributed by atoms with Gasteiger partial charge >= 0.3 is 5.97 Å². The van der Waals surface area contributed by atoms with E-state index in [4.69, 9.17) is 0 Å². The molecule has 0 saturated carbocycles. The van der Waals surface area contributed by atoms with Gasteiger partial charge in [0.05, 0.1) is 11.7 Å². The average Bonchev–Trinajstić information content (AvgIpc) is 2.86. The van der Waals surface area contributed by atoms with Crippen molar-refractivity contribution in [2.45, 2.75) is 38.8 Å². The molecule has 106 valence electrons. The van der Waals surface area contributed by atoms with E-state index < -0.39 is 5.97 Å².